The molecule has 3 aromatic rings. The molecule has 2 saturated heterocycles. The average molecular weight is 1130 g/mol. The second-order valence-corrected chi connectivity index (χ2v) is 31.8. The van der Waals surface area contributed by atoms with Crippen LogP contribution in [-0.2, 0) is 66.5 Å². The summed E-state index contributed by atoms with van der Waals surface area (Å²) in [5.41, 5.74) is -6.06. The predicted molar refractivity (Wildman–Crippen MR) is 244 cm³/mol. The van der Waals surface area contributed by atoms with Gasteiger partial charge in [-0.2, -0.15) is 0 Å². The summed E-state index contributed by atoms with van der Waals surface area (Å²) in [6.07, 6.45) is 5.44. The molecule has 5 atom stereocenters. The molecule has 0 aromatic heterocycles. The van der Waals surface area contributed by atoms with Gasteiger partial charge in [-0.15, -0.1) is 0 Å². The van der Waals surface area contributed by atoms with E-state index in [9.17, 15) is 44.1 Å². The van der Waals surface area contributed by atoms with Gasteiger partial charge in [-0.05, 0) is 0 Å². The average Bonchev–Trinajstić information content (AvgIpc) is 3.41. The van der Waals surface area contributed by atoms with Gasteiger partial charge in [0, 0.05) is 0 Å². The van der Waals surface area contributed by atoms with Crippen molar-refractivity contribution in [1.29, 1.82) is 0 Å². The van der Waals surface area contributed by atoms with Gasteiger partial charge in [0.15, 0.2) is 0 Å². The number of carbonyl (C=O) groups excluding carboxylic acids is 6. The molecule has 5 unspecified atom stereocenters. The van der Waals surface area contributed by atoms with Crippen LogP contribution in [0.15, 0.2) is 91.0 Å². The number of hydrogen-bond donors (Lipinski definition) is 3. The molecule has 66 heavy (non-hydrogen) atoms. The monoisotopic (exact) mass is 1130 g/mol. The van der Waals surface area contributed by atoms with E-state index in [1.54, 1.807) is 91.0 Å². The van der Waals surface area contributed by atoms with Crippen LogP contribution in [0.5, 0.6) is 0 Å². The summed E-state index contributed by atoms with van der Waals surface area (Å²) < 4.78 is 35.1. The summed E-state index contributed by atoms with van der Waals surface area (Å²) in [6.45, 7) is 4.14. The van der Waals surface area contributed by atoms with Gasteiger partial charge in [0.25, 0.3) is 0 Å². The summed E-state index contributed by atoms with van der Waals surface area (Å²) in [5, 5.41) is 35.7. The Morgan fingerprint density at radius 3 is 1.36 bits per heavy atom. The fraction of sp³-hybridized carbons (Fsp3) is 0.510. The summed E-state index contributed by atoms with van der Waals surface area (Å²) in [4.78, 5) is 83.9. The molecule has 15 nitrogen and oxygen atoms in total. The summed E-state index contributed by atoms with van der Waals surface area (Å²) in [6, 6.07) is 25.2. The van der Waals surface area contributed by atoms with E-state index in [2.05, 4.69) is 13.8 Å². The van der Waals surface area contributed by atoms with Gasteiger partial charge in [-0.3, -0.25) is 0 Å². The van der Waals surface area contributed by atoms with E-state index in [-0.39, 0.29) is 21.7 Å². The second kappa shape index (κ2) is 24.8. The molecule has 3 N–H and O–H groups in total. The van der Waals surface area contributed by atoms with Crippen molar-refractivity contribution in [1.82, 2.24) is 0 Å². The zero-order chi connectivity index (χ0) is 47.7. The van der Waals surface area contributed by atoms with Crippen LogP contribution in [0.1, 0.15) is 127 Å². The quantitative estimate of drug-likeness (QED) is 0.0577. The molecule has 2 fully saturated rings. The number of hydrogen-bond acceptors (Lipinski definition) is 15. The molecule has 0 spiro atoms. The van der Waals surface area contributed by atoms with Crippen LogP contribution >= 0.6 is 0 Å². The summed E-state index contributed by atoms with van der Waals surface area (Å²) in [7, 11) is 0. The Bertz CT molecular complexity index is 2090. The Morgan fingerprint density at radius 1 is 0.561 bits per heavy atom. The van der Waals surface area contributed by atoms with Crippen LogP contribution in [0.25, 0.3) is 0 Å². The van der Waals surface area contributed by atoms with Crippen LogP contribution < -0.4 is 0 Å². The molecule has 0 aliphatic carbocycles. The molecule has 358 valence electrons. The van der Waals surface area contributed by atoms with Crippen molar-refractivity contribution in [3.8, 4) is 0 Å². The first-order chi connectivity index (χ1) is 31.5. The van der Waals surface area contributed by atoms with E-state index < -0.39 is 118 Å². The SMILES string of the molecule is CCCCCCC[CH2][Sn]1([O]C(=O)CC(O)(Cc2ccccc2)C(=O)[O][Sn]2([CH2]CCCCCCC)[O]C(=O)CC(O)(Cc3ccccc3)C(=O)[O]2)[O]C(=O)CC(O)(Cc2ccccc2)C(=O)[O]1. The van der Waals surface area contributed by atoms with E-state index >= 15 is 0 Å². The molecular weight excluding hydrogens is 1070 g/mol. The van der Waals surface area contributed by atoms with E-state index in [4.69, 9.17) is 18.4 Å². The normalized spacial score (nSPS) is 24.1. The van der Waals surface area contributed by atoms with Gasteiger partial charge in [0.1, 0.15) is 0 Å². The first-order valence-electron chi connectivity index (χ1n) is 23.2. The number of benzene rings is 3. The van der Waals surface area contributed by atoms with Gasteiger partial charge in [0.2, 0.25) is 0 Å². The Labute approximate surface area is 397 Å². The van der Waals surface area contributed by atoms with E-state index in [0.29, 0.717) is 42.4 Å². The second-order valence-electron chi connectivity index (χ2n) is 17.6. The summed E-state index contributed by atoms with van der Waals surface area (Å²) in [5.74, 6) is -7.18. The van der Waals surface area contributed by atoms with E-state index in [1.807, 2.05) is 0 Å². The molecule has 2 aliphatic heterocycles. The third-order valence-corrected chi connectivity index (χ3v) is 26.1. The number of rotatable bonds is 25. The standard InChI is InChI=1S/3C11H12O5.2C8H17.2Sn/c3*12-9(13)7-11(16,10(14)15)6-8-4-2-1-3-5-8;2*1-3-5-7-8-6-4-2;;/h3*1-5,16H,6-7H2,(H,12,13)(H,14,15);2*1,3-8H2,2H3;;/q;;;;;2*+3/p-6. The Balaban J connectivity index is 1.45. The Hall–Kier alpha value is -4.04. The third kappa shape index (κ3) is 15.5. The zero-order valence-corrected chi connectivity index (χ0v) is 43.8. The van der Waals surface area contributed by atoms with E-state index in [1.165, 1.54) is 0 Å². The van der Waals surface area contributed by atoms with Crippen molar-refractivity contribution < 1.29 is 62.5 Å². The maximum absolute atomic E-state index is 14.7. The minimum atomic E-state index is -5.86. The molecule has 2 heterocycles. The number of aliphatic hydroxyl groups is 3. The molecule has 2 aliphatic rings. The van der Waals surface area contributed by atoms with Crippen molar-refractivity contribution in [2.75, 3.05) is 0 Å². The van der Waals surface area contributed by atoms with Gasteiger partial charge in [-0.1, -0.05) is 0 Å². The zero-order valence-electron chi connectivity index (χ0n) is 38.0. The molecule has 0 saturated carbocycles. The van der Waals surface area contributed by atoms with Crippen LogP contribution in [0.3, 0.4) is 0 Å². The van der Waals surface area contributed by atoms with Crippen LogP contribution in [-0.4, -0.2) is 107 Å². The van der Waals surface area contributed by atoms with Crippen molar-refractivity contribution in [2.24, 2.45) is 0 Å². The van der Waals surface area contributed by atoms with Crippen molar-refractivity contribution in [3.05, 3.63) is 108 Å². The fourth-order valence-corrected chi connectivity index (χ4v) is 22.1. The maximum atomic E-state index is 14.7. The van der Waals surface area contributed by atoms with Crippen LogP contribution in [0.2, 0.25) is 8.87 Å². The van der Waals surface area contributed by atoms with Crippen LogP contribution in [0.4, 0.5) is 0 Å². The molecule has 5 rings (SSSR count). The minimum absolute atomic E-state index is 0.122. The fourth-order valence-electron chi connectivity index (χ4n) is 8.15. The van der Waals surface area contributed by atoms with Crippen molar-refractivity contribution in [2.45, 2.75) is 155 Å². The predicted octanol–water partition coefficient (Wildman–Crippen LogP) is 6.96. The van der Waals surface area contributed by atoms with Crippen molar-refractivity contribution >= 4 is 75.1 Å². The van der Waals surface area contributed by atoms with Gasteiger partial charge in [0.05, 0.1) is 0 Å². The molecule has 3 aromatic carbocycles. The Morgan fingerprint density at radius 2 is 0.939 bits per heavy atom. The summed E-state index contributed by atoms with van der Waals surface area (Å²) >= 11 is -11.6. The number of unbranched alkanes of at least 4 members (excludes halogenated alkanes) is 10. The topological polar surface area (TPSA) is 218 Å². The molecular formula is C49H64O15Sn2. The molecule has 0 radical (unpaired) electrons. The molecule has 17 heteroatoms. The Kier molecular flexibility index (Phi) is 19.9. The number of carbonyl (C=O) groups is 6. The molecule has 0 amide bonds. The van der Waals surface area contributed by atoms with Crippen molar-refractivity contribution in [3.63, 3.8) is 0 Å². The van der Waals surface area contributed by atoms with Crippen LogP contribution in [0, 0.1) is 0 Å². The van der Waals surface area contributed by atoms with Gasteiger partial charge < -0.3 is 0 Å². The van der Waals surface area contributed by atoms with Gasteiger partial charge in [-0.25, -0.2) is 0 Å². The molecule has 0 bridgehead atoms. The van der Waals surface area contributed by atoms with Gasteiger partial charge >= 0.3 is 400 Å². The van der Waals surface area contributed by atoms with E-state index in [0.717, 1.165) is 51.4 Å². The third-order valence-electron chi connectivity index (χ3n) is 11.7. The first kappa shape index (κ1) is 52.9. The first-order valence-corrected chi connectivity index (χ1v) is 34.2.